The summed E-state index contributed by atoms with van der Waals surface area (Å²) in [5.74, 6) is -0.986. The summed E-state index contributed by atoms with van der Waals surface area (Å²) in [5.41, 5.74) is 1.17. The van der Waals surface area contributed by atoms with Crippen LogP contribution in [0.4, 0.5) is 0 Å². The van der Waals surface area contributed by atoms with E-state index in [4.69, 9.17) is 27.3 Å². The van der Waals surface area contributed by atoms with E-state index in [1.165, 1.54) is 6.92 Å². The van der Waals surface area contributed by atoms with E-state index >= 15 is 0 Å². The van der Waals surface area contributed by atoms with Crippen molar-refractivity contribution in [2.45, 2.75) is 44.7 Å². The van der Waals surface area contributed by atoms with Crippen LogP contribution in [0.2, 0.25) is 5.02 Å². The molecule has 1 aliphatic carbocycles. The molecule has 30 heavy (non-hydrogen) atoms. The Morgan fingerprint density at radius 1 is 1.33 bits per heavy atom. The SMILES string of the molecule is [2H]c1c([2H])c([2H])c([C@@H]2C[C@@H](N3CC[N@@+](COC(C)=O)(C([2H])([2H])[2H])C(C)(C)C3)c3cc(Cl)ccc32)c([2H])c1[2H]. The molecule has 2 aliphatic rings. The molecule has 1 saturated heterocycles. The van der Waals surface area contributed by atoms with Crippen molar-refractivity contribution in [2.24, 2.45) is 0 Å². The summed E-state index contributed by atoms with van der Waals surface area (Å²) in [7, 11) is 0. The highest BCUT2D eigenvalue weighted by Crippen LogP contribution is 2.48. The highest BCUT2D eigenvalue weighted by atomic mass is 35.5. The van der Waals surface area contributed by atoms with E-state index in [0.29, 0.717) is 24.5 Å². The molecule has 0 radical (unpaired) electrons. The van der Waals surface area contributed by atoms with Gasteiger partial charge in [0, 0.05) is 30.5 Å². The van der Waals surface area contributed by atoms with Crippen molar-refractivity contribution in [1.82, 2.24) is 4.90 Å². The molecule has 160 valence electrons. The summed E-state index contributed by atoms with van der Waals surface area (Å²) >= 11 is 6.38. The first-order valence-electron chi connectivity index (χ1n) is 14.1. The fourth-order valence-electron chi connectivity index (χ4n) is 4.70. The number of nitrogens with zero attached hydrogens (tertiary/aromatic N) is 2. The first-order valence-corrected chi connectivity index (χ1v) is 10.5. The molecule has 0 unspecified atom stereocenters. The molecule has 0 bridgehead atoms. The minimum Gasteiger partial charge on any atom is -0.415 e. The maximum Gasteiger partial charge on any atom is 0.306 e. The maximum atomic E-state index is 11.6. The molecule has 0 aromatic heterocycles. The van der Waals surface area contributed by atoms with Crippen molar-refractivity contribution in [3.63, 3.8) is 0 Å². The first kappa shape index (κ1) is 13.5. The van der Waals surface area contributed by atoms with Crippen LogP contribution in [-0.2, 0) is 9.53 Å². The average Bonchev–Trinajstić information content (AvgIpc) is 3.17. The largest absolute Gasteiger partial charge is 0.415 e. The number of likely N-dealkylation sites (N-methyl/N-ethyl adjacent to an activating group) is 1. The Hall–Kier alpha value is -1.88. The number of carbonyl (C=O) groups excluding carboxylic acids is 1. The second kappa shape index (κ2) is 7.99. The summed E-state index contributed by atoms with van der Waals surface area (Å²) in [4.78, 5) is 13.8. The van der Waals surface area contributed by atoms with E-state index in [9.17, 15) is 4.79 Å². The summed E-state index contributed by atoms with van der Waals surface area (Å²) in [6.45, 7) is 3.28. The van der Waals surface area contributed by atoms with Gasteiger partial charge in [0.2, 0.25) is 6.73 Å². The smallest absolute Gasteiger partial charge is 0.306 e. The van der Waals surface area contributed by atoms with Crippen LogP contribution >= 0.6 is 11.6 Å². The van der Waals surface area contributed by atoms with Crippen LogP contribution < -0.4 is 0 Å². The molecule has 1 aliphatic heterocycles. The number of halogens is 1. The van der Waals surface area contributed by atoms with E-state index in [0.717, 1.165) is 11.1 Å². The van der Waals surface area contributed by atoms with E-state index in [1.807, 2.05) is 26.0 Å². The Labute approximate surface area is 196 Å². The maximum absolute atomic E-state index is 11.6. The van der Waals surface area contributed by atoms with Crippen LogP contribution in [0.3, 0.4) is 0 Å². The van der Waals surface area contributed by atoms with Gasteiger partial charge in [-0.2, -0.15) is 0 Å². The number of piperazine rings is 1. The lowest BCUT2D eigenvalue weighted by Crippen LogP contribution is -2.70. The number of quaternary nitrogens is 1. The van der Waals surface area contributed by atoms with Crippen LogP contribution in [0.5, 0.6) is 0 Å². The van der Waals surface area contributed by atoms with Crippen molar-refractivity contribution in [2.75, 3.05) is 33.3 Å². The fraction of sp³-hybridized carbons (Fsp3) is 0.480. The van der Waals surface area contributed by atoms with Gasteiger partial charge in [-0.3, -0.25) is 14.2 Å². The lowest BCUT2D eigenvalue weighted by atomic mass is 9.92. The lowest BCUT2D eigenvalue weighted by Gasteiger charge is -2.53. The predicted molar refractivity (Wildman–Crippen MR) is 120 cm³/mol. The van der Waals surface area contributed by atoms with E-state index in [2.05, 4.69) is 4.90 Å². The van der Waals surface area contributed by atoms with Gasteiger partial charge in [0.25, 0.3) is 0 Å². The number of hydrogen-bond acceptors (Lipinski definition) is 3. The molecule has 1 heterocycles. The monoisotopic (exact) mass is 435 g/mol. The van der Waals surface area contributed by atoms with Gasteiger partial charge < -0.3 is 4.74 Å². The topological polar surface area (TPSA) is 29.5 Å². The number of ether oxygens (including phenoxy) is 1. The number of hydrogen-bond donors (Lipinski definition) is 0. The van der Waals surface area contributed by atoms with Gasteiger partial charge in [0.15, 0.2) is 0 Å². The molecular weight excluding hydrogens is 396 g/mol. The van der Waals surface area contributed by atoms with Gasteiger partial charge in [0.1, 0.15) is 5.54 Å². The van der Waals surface area contributed by atoms with Gasteiger partial charge in [0.05, 0.1) is 31.0 Å². The van der Waals surface area contributed by atoms with Crippen molar-refractivity contribution < 1.29 is 25.0 Å². The summed E-state index contributed by atoms with van der Waals surface area (Å²) in [6, 6.07) is 3.61. The lowest BCUT2D eigenvalue weighted by molar-refractivity contribution is -0.974. The van der Waals surface area contributed by atoms with Gasteiger partial charge in [-0.05, 0) is 49.1 Å². The van der Waals surface area contributed by atoms with Crippen LogP contribution in [0.1, 0.15) is 66.8 Å². The first-order chi connectivity index (χ1) is 17.5. The minimum absolute atomic E-state index is 0.210. The van der Waals surface area contributed by atoms with Crippen molar-refractivity contribution in [3.8, 4) is 0 Å². The standard InChI is InChI=1S/C25H32ClN2O2/c1-18(29)30-17-28(4)13-12-27(16-25(28,2)3)24-15-22(19-8-6-5-7-9-19)21-11-10-20(26)14-23(21)24/h5-11,14,22,24H,12-13,15-17H2,1-4H3/q+1/t22-,24+,28+/m0/s1/i4D3,5D,6D,7D,8D,9D. The Kier molecular flexibility index (Phi) is 3.60. The zero-order chi connectivity index (χ0) is 28.4. The van der Waals surface area contributed by atoms with Crippen molar-refractivity contribution >= 4 is 17.6 Å². The Morgan fingerprint density at radius 3 is 2.77 bits per heavy atom. The molecule has 3 atom stereocenters. The molecule has 0 N–H and O–H groups in total. The molecule has 4 rings (SSSR count). The Balaban J connectivity index is 1.75. The van der Waals surface area contributed by atoms with Crippen LogP contribution in [-0.4, -0.2) is 54.2 Å². The molecule has 4 nitrogen and oxygen atoms in total. The summed E-state index contributed by atoms with van der Waals surface area (Å²) in [6.07, 6.45) is 0.456. The van der Waals surface area contributed by atoms with Crippen molar-refractivity contribution in [1.29, 1.82) is 0 Å². The fourth-order valence-corrected chi connectivity index (χ4v) is 4.88. The normalized spacial score (nSPS) is 32.4. The summed E-state index contributed by atoms with van der Waals surface area (Å²) < 4.78 is 71.2. The van der Waals surface area contributed by atoms with E-state index in [-0.39, 0.29) is 53.5 Å². The second-order valence-corrected chi connectivity index (χ2v) is 9.29. The average molecular weight is 436 g/mol. The zero-order valence-electron chi connectivity index (χ0n) is 25.5. The molecule has 0 spiro atoms. The minimum atomic E-state index is -2.42. The van der Waals surface area contributed by atoms with Crippen LogP contribution in [0.25, 0.3) is 0 Å². The Bertz CT molecular complexity index is 1260. The molecule has 0 amide bonds. The molecule has 2 aromatic rings. The molecule has 0 saturated carbocycles. The van der Waals surface area contributed by atoms with Gasteiger partial charge in [-0.1, -0.05) is 47.9 Å². The second-order valence-electron chi connectivity index (χ2n) is 8.86. The van der Waals surface area contributed by atoms with Crippen LogP contribution in [0.15, 0.2) is 48.4 Å². The van der Waals surface area contributed by atoms with E-state index in [1.54, 1.807) is 6.07 Å². The Morgan fingerprint density at radius 2 is 2.10 bits per heavy atom. The van der Waals surface area contributed by atoms with E-state index < -0.39 is 30.4 Å². The predicted octanol–water partition coefficient (Wildman–Crippen LogP) is 4.98. The van der Waals surface area contributed by atoms with Crippen molar-refractivity contribution in [3.05, 3.63) is 70.1 Å². The molecular formula is C25H32ClN2O2+. The number of benzene rings is 2. The summed E-state index contributed by atoms with van der Waals surface area (Å²) in [5, 5.41) is 0.522. The highest BCUT2D eigenvalue weighted by Gasteiger charge is 2.49. The molecule has 2 aromatic carbocycles. The van der Waals surface area contributed by atoms with Gasteiger partial charge >= 0.3 is 5.97 Å². The number of fused-ring (bicyclic) bond motifs is 1. The van der Waals surface area contributed by atoms with Crippen LogP contribution in [0, 0.1) is 0 Å². The zero-order valence-corrected chi connectivity index (χ0v) is 18.3. The number of carbonyl (C=O) groups is 1. The highest BCUT2D eigenvalue weighted by molar-refractivity contribution is 6.30. The van der Waals surface area contributed by atoms with Gasteiger partial charge in [-0.25, -0.2) is 0 Å². The third kappa shape index (κ3) is 3.89. The third-order valence-electron chi connectivity index (χ3n) is 6.56. The molecule has 1 fully saturated rings. The third-order valence-corrected chi connectivity index (χ3v) is 6.79. The quantitative estimate of drug-likeness (QED) is 0.501. The number of esters is 1. The molecule has 5 heteroatoms. The number of rotatable bonds is 4. The van der Waals surface area contributed by atoms with Gasteiger partial charge in [-0.15, -0.1) is 0 Å².